The third kappa shape index (κ3) is 2.25. The minimum Gasteiger partial charge on any atom is -0.315 e. The van der Waals surface area contributed by atoms with Crippen molar-refractivity contribution in [1.29, 1.82) is 0 Å². The maximum absolute atomic E-state index is 12.6. The van der Waals surface area contributed by atoms with Crippen LogP contribution < -0.4 is 10.2 Å². The maximum atomic E-state index is 12.6. The molecule has 0 unspecified atom stereocenters. The number of hydrogen-bond acceptors (Lipinski definition) is 5. The zero-order valence-corrected chi connectivity index (χ0v) is 12.2. The number of nitrogens with one attached hydrogen (secondary N) is 2. The smallest absolute Gasteiger partial charge is 0.305 e. The summed E-state index contributed by atoms with van der Waals surface area (Å²) in [5.41, 5.74) is -0.0735. The monoisotopic (exact) mass is 291 g/mol. The predicted octanol–water partition coefficient (Wildman–Crippen LogP) is 0.117. The van der Waals surface area contributed by atoms with Crippen LogP contribution in [0.1, 0.15) is 19.5 Å². The van der Waals surface area contributed by atoms with E-state index in [0.29, 0.717) is 25.3 Å². The van der Waals surface area contributed by atoms with E-state index < -0.39 is 15.6 Å². The van der Waals surface area contributed by atoms with E-state index in [2.05, 4.69) is 10.3 Å². The van der Waals surface area contributed by atoms with Crippen molar-refractivity contribution in [2.75, 3.05) is 19.6 Å². The SMILES string of the molecule is Cc1[nH]c(=O)sc1S(=O)(=O)N1CCNCC1(C)C. The van der Waals surface area contributed by atoms with Gasteiger partial charge in [-0.15, -0.1) is 0 Å². The Kier molecular flexibility index (Phi) is 3.39. The van der Waals surface area contributed by atoms with Gasteiger partial charge in [-0.1, -0.05) is 11.3 Å². The summed E-state index contributed by atoms with van der Waals surface area (Å²) in [5, 5.41) is 3.18. The van der Waals surface area contributed by atoms with Gasteiger partial charge in [0.15, 0.2) is 4.21 Å². The molecule has 1 saturated heterocycles. The molecule has 0 aliphatic carbocycles. The first-order valence-corrected chi connectivity index (χ1v) is 7.94. The van der Waals surface area contributed by atoms with Gasteiger partial charge in [0, 0.05) is 30.9 Å². The van der Waals surface area contributed by atoms with Crippen molar-refractivity contribution in [3.05, 3.63) is 15.4 Å². The highest BCUT2D eigenvalue weighted by Crippen LogP contribution is 2.28. The van der Waals surface area contributed by atoms with E-state index in [-0.39, 0.29) is 9.08 Å². The van der Waals surface area contributed by atoms with Crippen molar-refractivity contribution in [1.82, 2.24) is 14.6 Å². The molecule has 1 aliphatic rings. The fourth-order valence-electron chi connectivity index (χ4n) is 2.15. The molecule has 0 bridgehead atoms. The highest BCUT2D eigenvalue weighted by Gasteiger charge is 2.40. The lowest BCUT2D eigenvalue weighted by atomic mass is 10.0. The molecular weight excluding hydrogens is 274 g/mol. The number of nitrogens with zero attached hydrogens (tertiary/aromatic N) is 1. The van der Waals surface area contributed by atoms with Crippen LogP contribution in [-0.4, -0.2) is 42.9 Å². The summed E-state index contributed by atoms with van der Waals surface area (Å²) in [6, 6.07) is 0. The summed E-state index contributed by atoms with van der Waals surface area (Å²) in [7, 11) is -3.60. The summed E-state index contributed by atoms with van der Waals surface area (Å²) < 4.78 is 26.8. The molecule has 0 amide bonds. The van der Waals surface area contributed by atoms with E-state index in [0.717, 1.165) is 11.3 Å². The van der Waals surface area contributed by atoms with Crippen LogP contribution in [0, 0.1) is 6.92 Å². The molecule has 102 valence electrons. The first kappa shape index (κ1) is 13.7. The Morgan fingerprint density at radius 2 is 2.06 bits per heavy atom. The van der Waals surface area contributed by atoms with Gasteiger partial charge >= 0.3 is 4.87 Å². The number of aryl methyl sites for hydroxylation is 1. The first-order valence-electron chi connectivity index (χ1n) is 5.68. The average molecular weight is 291 g/mol. The van der Waals surface area contributed by atoms with E-state index >= 15 is 0 Å². The highest BCUT2D eigenvalue weighted by molar-refractivity contribution is 7.91. The standard InChI is InChI=1S/C10H17N3O3S2/c1-7-8(17-9(14)12-7)18(15,16)13-5-4-11-6-10(13,2)3/h11H,4-6H2,1-3H3,(H,12,14). The average Bonchev–Trinajstić information content (AvgIpc) is 2.57. The lowest BCUT2D eigenvalue weighted by Crippen LogP contribution is -2.59. The second-order valence-electron chi connectivity index (χ2n) is 4.99. The number of hydrogen-bond donors (Lipinski definition) is 2. The van der Waals surface area contributed by atoms with Crippen molar-refractivity contribution in [2.45, 2.75) is 30.5 Å². The summed E-state index contributed by atoms with van der Waals surface area (Å²) in [6.07, 6.45) is 0. The van der Waals surface area contributed by atoms with Gasteiger partial charge in [-0.3, -0.25) is 4.79 Å². The Labute approximate surface area is 110 Å². The van der Waals surface area contributed by atoms with E-state index in [1.807, 2.05) is 13.8 Å². The summed E-state index contributed by atoms with van der Waals surface area (Å²) in [5.74, 6) is 0. The summed E-state index contributed by atoms with van der Waals surface area (Å²) >= 11 is 0.755. The van der Waals surface area contributed by atoms with Crippen LogP contribution in [0.15, 0.2) is 9.00 Å². The van der Waals surface area contributed by atoms with E-state index in [9.17, 15) is 13.2 Å². The number of sulfonamides is 1. The number of piperazine rings is 1. The van der Waals surface area contributed by atoms with Gasteiger partial charge in [-0.05, 0) is 20.8 Å². The lowest BCUT2D eigenvalue weighted by Gasteiger charge is -2.41. The van der Waals surface area contributed by atoms with Gasteiger partial charge in [-0.2, -0.15) is 4.31 Å². The summed E-state index contributed by atoms with van der Waals surface area (Å²) in [6.45, 7) is 7.01. The van der Waals surface area contributed by atoms with Gasteiger partial charge in [0.2, 0.25) is 0 Å². The third-order valence-electron chi connectivity index (χ3n) is 3.03. The highest BCUT2D eigenvalue weighted by atomic mass is 32.2. The molecule has 0 aromatic carbocycles. The normalized spacial score (nSPS) is 21.1. The topological polar surface area (TPSA) is 82.3 Å². The first-order chi connectivity index (χ1) is 8.25. The molecule has 2 heterocycles. The van der Waals surface area contributed by atoms with E-state index in [1.54, 1.807) is 6.92 Å². The quantitative estimate of drug-likeness (QED) is 0.811. The molecule has 18 heavy (non-hydrogen) atoms. The predicted molar refractivity (Wildman–Crippen MR) is 70.5 cm³/mol. The van der Waals surface area contributed by atoms with Gasteiger partial charge < -0.3 is 10.3 Å². The minimum atomic E-state index is -3.60. The van der Waals surface area contributed by atoms with Crippen LogP contribution in [0.25, 0.3) is 0 Å². The molecule has 1 aliphatic heterocycles. The van der Waals surface area contributed by atoms with Crippen molar-refractivity contribution in [2.24, 2.45) is 0 Å². The number of aromatic nitrogens is 1. The Balaban J connectivity index is 2.48. The molecule has 1 aromatic heterocycles. The maximum Gasteiger partial charge on any atom is 0.305 e. The second kappa shape index (κ2) is 4.44. The third-order valence-corrected chi connectivity index (χ3v) is 6.72. The van der Waals surface area contributed by atoms with Crippen LogP contribution in [0.5, 0.6) is 0 Å². The molecule has 8 heteroatoms. The number of thiazole rings is 1. The van der Waals surface area contributed by atoms with Gasteiger partial charge in [0.25, 0.3) is 10.0 Å². The van der Waals surface area contributed by atoms with Crippen LogP contribution in [-0.2, 0) is 10.0 Å². The molecule has 0 spiro atoms. The number of rotatable bonds is 2. The molecule has 0 saturated carbocycles. The number of aromatic amines is 1. The Morgan fingerprint density at radius 3 is 2.56 bits per heavy atom. The Bertz CT molecular complexity index is 600. The molecule has 0 atom stereocenters. The Hall–Kier alpha value is -0.700. The largest absolute Gasteiger partial charge is 0.315 e. The van der Waals surface area contributed by atoms with Gasteiger partial charge in [-0.25, -0.2) is 8.42 Å². The fraction of sp³-hybridized carbons (Fsp3) is 0.700. The number of H-pyrrole nitrogens is 1. The molecule has 2 rings (SSSR count). The van der Waals surface area contributed by atoms with Crippen molar-refractivity contribution >= 4 is 21.4 Å². The Morgan fingerprint density at radius 1 is 1.39 bits per heavy atom. The van der Waals surface area contributed by atoms with Gasteiger partial charge in [0.1, 0.15) is 0 Å². The molecule has 6 nitrogen and oxygen atoms in total. The van der Waals surface area contributed by atoms with Crippen LogP contribution in [0.4, 0.5) is 0 Å². The molecular formula is C10H17N3O3S2. The fourth-order valence-corrected chi connectivity index (χ4v) is 5.33. The molecule has 0 radical (unpaired) electrons. The van der Waals surface area contributed by atoms with Crippen LogP contribution >= 0.6 is 11.3 Å². The molecule has 1 fully saturated rings. The van der Waals surface area contributed by atoms with E-state index in [4.69, 9.17) is 0 Å². The second-order valence-corrected chi connectivity index (χ2v) is 8.03. The van der Waals surface area contributed by atoms with Crippen molar-refractivity contribution in [3.63, 3.8) is 0 Å². The van der Waals surface area contributed by atoms with Crippen molar-refractivity contribution < 1.29 is 8.42 Å². The lowest BCUT2D eigenvalue weighted by molar-refractivity contribution is 0.186. The van der Waals surface area contributed by atoms with Crippen LogP contribution in [0.3, 0.4) is 0 Å². The van der Waals surface area contributed by atoms with Gasteiger partial charge in [0.05, 0.1) is 0 Å². The van der Waals surface area contributed by atoms with Crippen LogP contribution in [0.2, 0.25) is 0 Å². The molecule has 1 aromatic rings. The summed E-state index contributed by atoms with van der Waals surface area (Å²) in [4.78, 5) is 13.5. The zero-order chi connectivity index (χ0) is 13.6. The molecule has 2 N–H and O–H groups in total. The zero-order valence-electron chi connectivity index (χ0n) is 10.6. The van der Waals surface area contributed by atoms with Crippen molar-refractivity contribution in [3.8, 4) is 0 Å². The van der Waals surface area contributed by atoms with E-state index in [1.165, 1.54) is 4.31 Å². The minimum absolute atomic E-state index is 0.127.